The third kappa shape index (κ3) is 5.60. The summed E-state index contributed by atoms with van der Waals surface area (Å²) in [5.41, 5.74) is 0.152. The van der Waals surface area contributed by atoms with Crippen LogP contribution in [0, 0.1) is 0 Å². The smallest absolute Gasteiger partial charge is 0.411 e. The van der Waals surface area contributed by atoms with E-state index in [9.17, 15) is 14.7 Å². The summed E-state index contributed by atoms with van der Waals surface area (Å²) in [6.45, 7) is 8.92. The molecule has 1 atom stereocenters. The van der Waals surface area contributed by atoms with Gasteiger partial charge in [0.15, 0.2) is 0 Å². The van der Waals surface area contributed by atoms with E-state index in [2.05, 4.69) is 6.58 Å². The zero-order chi connectivity index (χ0) is 16.8. The molecule has 1 amide bonds. The normalized spacial score (nSPS) is 12.3. The molecule has 0 saturated carbocycles. The van der Waals surface area contributed by atoms with Crippen molar-refractivity contribution >= 4 is 12.1 Å². The Morgan fingerprint density at radius 1 is 1.32 bits per heavy atom. The average molecular weight is 305 g/mol. The number of hydrogen-bond donors (Lipinski definition) is 1. The van der Waals surface area contributed by atoms with Crippen molar-refractivity contribution < 1.29 is 19.4 Å². The monoisotopic (exact) mass is 305 g/mol. The van der Waals surface area contributed by atoms with Crippen molar-refractivity contribution in [2.75, 3.05) is 6.54 Å². The van der Waals surface area contributed by atoms with E-state index >= 15 is 0 Å². The van der Waals surface area contributed by atoms with E-state index in [1.54, 1.807) is 20.8 Å². The first kappa shape index (κ1) is 17.8. The van der Waals surface area contributed by atoms with Crippen LogP contribution in [0.25, 0.3) is 0 Å². The molecule has 1 aromatic carbocycles. The zero-order valence-corrected chi connectivity index (χ0v) is 13.3. The Kier molecular flexibility index (Phi) is 6.16. The topological polar surface area (TPSA) is 66.8 Å². The number of ether oxygens (including phenoxy) is 1. The summed E-state index contributed by atoms with van der Waals surface area (Å²) in [5, 5.41) is 9.50. The Labute approximate surface area is 131 Å². The molecular formula is C17H23NO4. The Morgan fingerprint density at radius 3 is 2.36 bits per heavy atom. The standard InChI is InChI=1S/C17H23NO4/c1-5-11-18(16(21)22-17(2,3)4)14(15(19)20)12-13-9-7-6-8-10-13/h5-10,14H,1,11-12H2,2-4H3,(H,19,20). The van der Waals surface area contributed by atoms with Crippen LogP contribution in [0.4, 0.5) is 4.79 Å². The number of amides is 1. The number of nitrogens with zero attached hydrogens (tertiary/aromatic N) is 1. The molecule has 0 spiro atoms. The third-order valence-corrected chi connectivity index (χ3v) is 2.89. The lowest BCUT2D eigenvalue weighted by atomic mass is 10.0. The van der Waals surface area contributed by atoms with Crippen LogP contribution in [0.1, 0.15) is 26.3 Å². The predicted octanol–water partition coefficient (Wildman–Crippen LogP) is 3.11. The van der Waals surface area contributed by atoms with Crippen LogP contribution < -0.4 is 0 Å². The highest BCUT2D eigenvalue weighted by Gasteiger charge is 2.32. The quantitative estimate of drug-likeness (QED) is 0.820. The van der Waals surface area contributed by atoms with Crippen LogP contribution in [-0.2, 0) is 16.0 Å². The second-order valence-corrected chi connectivity index (χ2v) is 5.97. The number of aliphatic carboxylic acids is 1. The van der Waals surface area contributed by atoms with Crippen LogP contribution in [0.2, 0.25) is 0 Å². The van der Waals surface area contributed by atoms with Crippen LogP contribution in [0.3, 0.4) is 0 Å². The molecule has 0 heterocycles. The molecule has 1 unspecified atom stereocenters. The Bertz CT molecular complexity index is 519. The molecule has 0 aliphatic carbocycles. The Morgan fingerprint density at radius 2 is 1.91 bits per heavy atom. The van der Waals surface area contributed by atoms with Crippen LogP contribution >= 0.6 is 0 Å². The highest BCUT2D eigenvalue weighted by atomic mass is 16.6. The van der Waals surface area contributed by atoms with Crippen LogP contribution in [0.5, 0.6) is 0 Å². The minimum absolute atomic E-state index is 0.110. The summed E-state index contributed by atoms with van der Waals surface area (Å²) in [4.78, 5) is 25.1. The summed E-state index contributed by atoms with van der Waals surface area (Å²) in [7, 11) is 0. The van der Waals surface area contributed by atoms with Gasteiger partial charge in [0.1, 0.15) is 11.6 Å². The predicted molar refractivity (Wildman–Crippen MR) is 84.7 cm³/mol. The van der Waals surface area contributed by atoms with Crippen molar-refractivity contribution in [3.05, 3.63) is 48.6 Å². The molecule has 0 radical (unpaired) electrons. The van der Waals surface area contributed by atoms with Gasteiger partial charge in [0.2, 0.25) is 0 Å². The highest BCUT2D eigenvalue weighted by molar-refractivity contribution is 5.80. The molecule has 0 saturated heterocycles. The molecule has 0 bridgehead atoms. The van der Waals surface area contributed by atoms with Gasteiger partial charge in [-0.2, -0.15) is 0 Å². The molecular weight excluding hydrogens is 282 g/mol. The van der Waals surface area contributed by atoms with Gasteiger partial charge in [-0.05, 0) is 26.3 Å². The van der Waals surface area contributed by atoms with Gasteiger partial charge in [-0.15, -0.1) is 6.58 Å². The number of carbonyl (C=O) groups is 2. The van der Waals surface area contributed by atoms with Crippen molar-refractivity contribution in [3.8, 4) is 0 Å². The molecule has 1 aromatic rings. The fourth-order valence-corrected chi connectivity index (χ4v) is 1.96. The van der Waals surface area contributed by atoms with Crippen molar-refractivity contribution in [1.29, 1.82) is 0 Å². The number of carboxylic acids is 1. The van der Waals surface area contributed by atoms with Gasteiger partial charge in [-0.1, -0.05) is 36.4 Å². The van der Waals surface area contributed by atoms with E-state index in [0.29, 0.717) is 0 Å². The van der Waals surface area contributed by atoms with E-state index in [1.807, 2.05) is 30.3 Å². The third-order valence-electron chi connectivity index (χ3n) is 2.89. The molecule has 0 aliphatic heterocycles. The average Bonchev–Trinajstić information content (AvgIpc) is 2.41. The summed E-state index contributed by atoms with van der Waals surface area (Å²) in [6, 6.07) is 8.18. The molecule has 5 nitrogen and oxygen atoms in total. The Balaban J connectivity index is 2.99. The summed E-state index contributed by atoms with van der Waals surface area (Å²) in [5.74, 6) is -1.07. The lowest BCUT2D eigenvalue weighted by Gasteiger charge is -2.30. The first-order chi connectivity index (χ1) is 10.2. The van der Waals surface area contributed by atoms with Gasteiger partial charge in [0, 0.05) is 13.0 Å². The first-order valence-corrected chi connectivity index (χ1v) is 7.12. The largest absolute Gasteiger partial charge is 0.480 e. The summed E-state index contributed by atoms with van der Waals surface area (Å²) < 4.78 is 5.30. The number of carboxylic acid groups (broad SMARTS) is 1. The van der Waals surface area contributed by atoms with E-state index in [4.69, 9.17) is 4.74 Å². The molecule has 22 heavy (non-hydrogen) atoms. The molecule has 120 valence electrons. The van der Waals surface area contributed by atoms with Crippen molar-refractivity contribution in [1.82, 2.24) is 4.90 Å². The van der Waals surface area contributed by atoms with E-state index in [1.165, 1.54) is 11.0 Å². The molecule has 5 heteroatoms. The van der Waals surface area contributed by atoms with Crippen LogP contribution in [0.15, 0.2) is 43.0 Å². The van der Waals surface area contributed by atoms with Gasteiger partial charge in [0.05, 0.1) is 0 Å². The van der Waals surface area contributed by atoms with E-state index in [0.717, 1.165) is 5.56 Å². The maximum Gasteiger partial charge on any atom is 0.411 e. The minimum Gasteiger partial charge on any atom is -0.480 e. The van der Waals surface area contributed by atoms with Gasteiger partial charge in [-0.3, -0.25) is 4.90 Å². The number of benzene rings is 1. The maximum atomic E-state index is 12.3. The minimum atomic E-state index is -1.07. The van der Waals surface area contributed by atoms with E-state index in [-0.39, 0.29) is 13.0 Å². The van der Waals surface area contributed by atoms with Gasteiger partial charge < -0.3 is 9.84 Å². The Hall–Kier alpha value is -2.30. The van der Waals surface area contributed by atoms with Crippen molar-refractivity contribution in [3.63, 3.8) is 0 Å². The first-order valence-electron chi connectivity index (χ1n) is 7.12. The lowest BCUT2D eigenvalue weighted by Crippen LogP contribution is -2.48. The number of rotatable bonds is 6. The maximum absolute atomic E-state index is 12.3. The zero-order valence-electron chi connectivity index (χ0n) is 13.3. The fraction of sp³-hybridized carbons (Fsp3) is 0.412. The molecule has 0 aromatic heterocycles. The molecule has 0 fully saturated rings. The second kappa shape index (κ2) is 7.64. The molecule has 0 aliphatic rings. The van der Waals surface area contributed by atoms with Crippen molar-refractivity contribution in [2.24, 2.45) is 0 Å². The molecule has 1 N–H and O–H groups in total. The number of hydrogen-bond acceptors (Lipinski definition) is 3. The van der Waals surface area contributed by atoms with Crippen molar-refractivity contribution in [2.45, 2.75) is 38.8 Å². The highest BCUT2D eigenvalue weighted by Crippen LogP contribution is 2.15. The van der Waals surface area contributed by atoms with Gasteiger partial charge in [-0.25, -0.2) is 9.59 Å². The molecule has 1 rings (SSSR count). The summed E-state index contributed by atoms with van der Waals surface area (Å²) >= 11 is 0. The van der Waals surface area contributed by atoms with E-state index < -0.39 is 23.7 Å². The van der Waals surface area contributed by atoms with Crippen LogP contribution in [-0.4, -0.2) is 40.3 Å². The fourth-order valence-electron chi connectivity index (χ4n) is 1.96. The number of carbonyl (C=O) groups excluding carboxylic acids is 1. The van der Waals surface area contributed by atoms with Gasteiger partial charge >= 0.3 is 12.1 Å². The lowest BCUT2D eigenvalue weighted by molar-refractivity contribution is -0.143. The van der Waals surface area contributed by atoms with Gasteiger partial charge in [0.25, 0.3) is 0 Å². The summed E-state index contributed by atoms with van der Waals surface area (Å²) in [6.07, 6.45) is 1.05. The second-order valence-electron chi connectivity index (χ2n) is 5.97. The SMILES string of the molecule is C=CCN(C(=O)OC(C)(C)C)C(Cc1ccccc1)C(=O)O.